The highest BCUT2D eigenvalue weighted by Crippen LogP contribution is 2.37. The number of carbonyl (C=O) groups is 2. The third-order valence-electron chi connectivity index (χ3n) is 3.30. The number of pyridine rings is 1. The Morgan fingerprint density at radius 2 is 2.05 bits per heavy atom. The van der Waals surface area contributed by atoms with E-state index in [1.807, 2.05) is 6.08 Å². The fraction of sp³-hybridized carbons (Fsp3) is 0.250. The van der Waals surface area contributed by atoms with Crippen LogP contribution in [0.3, 0.4) is 0 Å². The van der Waals surface area contributed by atoms with Gasteiger partial charge in [-0.05, 0) is 18.6 Å². The molecule has 19 heavy (non-hydrogen) atoms. The number of primary amides is 2. The molecule has 2 aliphatic heterocycles. The SMILES string of the molecule is NC(=O)c1ccc2c(n1)N(C(N)=O)C1=CCCN2C1. The first-order valence-corrected chi connectivity index (χ1v) is 5.92. The molecule has 0 unspecified atom stereocenters. The standard InChI is InChI=1S/C12H13N5O2/c13-10(18)8-3-4-9-11(15-8)17(12(14)19)7-2-1-5-16(9)6-7/h2-4H,1,5-6H2,(H2,13,18)(H2,14,19). The van der Waals surface area contributed by atoms with Crippen molar-refractivity contribution in [2.24, 2.45) is 11.5 Å². The lowest BCUT2D eigenvalue weighted by atomic mass is 10.1. The quantitative estimate of drug-likeness (QED) is 0.750. The summed E-state index contributed by atoms with van der Waals surface area (Å²) in [5.74, 6) is -0.257. The number of hydrogen-bond donors (Lipinski definition) is 2. The Bertz CT molecular complexity index is 610. The zero-order valence-electron chi connectivity index (χ0n) is 10.2. The van der Waals surface area contributed by atoms with Gasteiger partial charge in [0.05, 0.1) is 12.2 Å². The van der Waals surface area contributed by atoms with E-state index in [2.05, 4.69) is 9.88 Å². The van der Waals surface area contributed by atoms with Crippen LogP contribution in [-0.2, 0) is 0 Å². The Balaban J connectivity index is 2.19. The molecular weight excluding hydrogens is 246 g/mol. The van der Waals surface area contributed by atoms with Gasteiger partial charge in [-0.3, -0.25) is 4.79 Å². The van der Waals surface area contributed by atoms with Crippen LogP contribution in [0.5, 0.6) is 0 Å². The van der Waals surface area contributed by atoms with Gasteiger partial charge in [0.2, 0.25) is 0 Å². The van der Waals surface area contributed by atoms with Crippen molar-refractivity contribution in [1.29, 1.82) is 0 Å². The maximum absolute atomic E-state index is 11.6. The molecule has 0 saturated carbocycles. The summed E-state index contributed by atoms with van der Waals surface area (Å²) < 4.78 is 0. The monoisotopic (exact) mass is 259 g/mol. The minimum absolute atomic E-state index is 0.117. The van der Waals surface area contributed by atoms with Crippen LogP contribution in [0.15, 0.2) is 23.9 Å². The van der Waals surface area contributed by atoms with Gasteiger partial charge in [0, 0.05) is 12.2 Å². The molecule has 7 heteroatoms. The third kappa shape index (κ3) is 1.70. The van der Waals surface area contributed by atoms with Gasteiger partial charge in [-0.15, -0.1) is 0 Å². The van der Waals surface area contributed by atoms with Gasteiger partial charge in [0.15, 0.2) is 5.82 Å². The lowest BCUT2D eigenvalue weighted by molar-refractivity contribution is 0.0995. The second-order valence-electron chi connectivity index (χ2n) is 4.48. The number of fused-ring (bicyclic) bond motifs is 4. The number of carbonyl (C=O) groups excluding carboxylic acids is 2. The maximum atomic E-state index is 11.6. The zero-order chi connectivity index (χ0) is 13.6. The zero-order valence-corrected chi connectivity index (χ0v) is 10.2. The Hall–Kier alpha value is -2.57. The van der Waals surface area contributed by atoms with Gasteiger partial charge in [-0.25, -0.2) is 14.7 Å². The molecule has 0 spiro atoms. The Morgan fingerprint density at radius 3 is 2.74 bits per heavy atom. The van der Waals surface area contributed by atoms with Crippen molar-refractivity contribution in [3.05, 3.63) is 29.6 Å². The number of nitrogens with two attached hydrogens (primary N) is 2. The van der Waals surface area contributed by atoms with Crippen LogP contribution in [0.1, 0.15) is 16.9 Å². The summed E-state index contributed by atoms with van der Waals surface area (Å²) in [5, 5.41) is 0. The van der Waals surface area contributed by atoms with E-state index in [-0.39, 0.29) is 5.69 Å². The molecule has 2 aliphatic rings. The summed E-state index contributed by atoms with van der Waals surface area (Å²) in [6.07, 6.45) is 2.80. The van der Waals surface area contributed by atoms with E-state index < -0.39 is 11.9 Å². The number of hydrogen-bond acceptors (Lipinski definition) is 4. The summed E-state index contributed by atoms with van der Waals surface area (Å²) in [7, 11) is 0. The highest BCUT2D eigenvalue weighted by molar-refractivity contribution is 6.00. The van der Waals surface area contributed by atoms with Crippen molar-refractivity contribution >= 4 is 23.4 Å². The normalized spacial score (nSPS) is 16.7. The molecule has 3 heterocycles. The van der Waals surface area contributed by atoms with Crippen molar-refractivity contribution in [2.75, 3.05) is 22.9 Å². The van der Waals surface area contributed by atoms with E-state index in [9.17, 15) is 9.59 Å². The van der Waals surface area contributed by atoms with E-state index in [4.69, 9.17) is 11.5 Å². The van der Waals surface area contributed by atoms with Crippen LogP contribution in [0.2, 0.25) is 0 Å². The summed E-state index contributed by atoms with van der Waals surface area (Å²) in [4.78, 5) is 30.4. The Labute approximate surface area is 109 Å². The van der Waals surface area contributed by atoms with E-state index in [1.54, 1.807) is 12.1 Å². The number of amides is 3. The fourth-order valence-corrected chi connectivity index (χ4v) is 2.47. The second kappa shape index (κ2) is 3.98. The van der Waals surface area contributed by atoms with Gasteiger partial charge in [0.25, 0.3) is 5.91 Å². The summed E-state index contributed by atoms with van der Waals surface area (Å²) in [6, 6.07) is 2.70. The van der Waals surface area contributed by atoms with Gasteiger partial charge < -0.3 is 16.4 Å². The molecule has 0 aliphatic carbocycles. The smallest absolute Gasteiger partial charge is 0.324 e. The minimum atomic E-state index is -0.632. The topological polar surface area (TPSA) is 106 Å². The highest BCUT2D eigenvalue weighted by atomic mass is 16.2. The average molecular weight is 259 g/mol. The van der Waals surface area contributed by atoms with Crippen molar-refractivity contribution < 1.29 is 9.59 Å². The molecule has 3 rings (SSSR count). The summed E-state index contributed by atoms with van der Waals surface area (Å²) in [6.45, 7) is 1.47. The predicted molar refractivity (Wildman–Crippen MR) is 69.7 cm³/mol. The lowest BCUT2D eigenvalue weighted by Gasteiger charge is -2.40. The summed E-state index contributed by atoms with van der Waals surface area (Å²) in [5.41, 5.74) is 12.3. The Morgan fingerprint density at radius 1 is 1.26 bits per heavy atom. The van der Waals surface area contributed by atoms with Crippen LogP contribution in [0.25, 0.3) is 0 Å². The molecule has 0 fully saturated rings. The Kier molecular flexibility index (Phi) is 2.41. The molecule has 0 aromatic carbocycles. The molecule has 0 radical (unpaired) electrons. The molecule has 0 atom stereocenters. The first-order valence-electron chi connectivity index (χ1n) is 5.92. The van der Waals surface area contributed by atoms with E-state index in [0.717, 1.165) is 24.4 Å². The number of aromatic nitrogens is 1. The molecule has 1 aromatic rings. The molecule has 7 nitrogen and oxygen atoms in total. The van der Waals surface area contributed by atoms with Crippen molar-refractivity contribution in [1.82, 2.24) is 4.98 Å². The molecule has 0 saturated heterocycles. The van der Waals surface area contributed by atoms with Crippen molar-refractivity contribution in [2.45, 2.75) is 6.42 Å². The molecule has 3 amide bonds. The van der Waals surface area contributed by atoms with Crippen LogP contribution in [0, 0.1) is 0 Å². The van der Waals surface area contributed by atoms with Crippen molar-refractivity contribution in [3.63, 3.8) is 0 Å². The molecule has 98 valence electrons. The highest BCUT2D eigenvalue weighted by Gasteiger charge is 2.33. The fourth-order valence-electron chi connectivity index (χ4n) is 2.47. The van der Waals surface area contributed by atoms with E-state index in [1.165, 1.54) is 4.90 Å². The maximum Gasteiger partial charge on any atom is 0.324 e. The molecule has 1 aromatic heterocycles. The van der Waals surface area contributed by atoms with E-state index >= 15 is 0 Å². The largest absolute Gasteiger partial charge is 0.364 e. The number of urea groups is 1. The van der Waals surface area contributed by atoms with Crippen LogP contribution in [0.4, 0.5) is 16.3 Å². The van der Waals surface area contributed by atoms with Gasteiger partial charge in [0.1, 0.15) is 5.69 Å². The molecule has 2 bridgehead atoms. The third-order valence-corrected chi connectivity index (χ3v) is 3.30. The van der Waals surface area contributed by atoms with E-state index in [0.29, 0.717) is 12.4 Å². The minimum Gasteiger partial charge on any atom is -0.364 e. The predicted octanol–water partition coefficient (Wildman–Crippen LogP) is 0.173. The van der Waals surface area contributed by atoms with Crippen LogP contribution < -0.4 is 21.3 Å². The lowest BCUT2D eigenvalue weighted by Crippen LogP contribution is -2.47. The van der Waals surface area contributed by atoms with Gasteiger partial charge in [-0.2, -0.15) is 0 Å². The van der Waals surface area contributed by atoms with Crippen LogP contribution in [-0.4, -0.2) is 30.0 Å². The average Bonchev–Trinajstić information content (AvgIpc) is 2.38. The first-order chi connectivity index (χ1) is 9.08. The van der Waals surface area contributed by atoms with Gasteiger partial charge in [-0.1, -0.05) is 6.08 Å². The number of rotatable bonds is 1. The summed E-state index contributed by atoms with van der Waals surface area (Å²) >= 11 is 0. The first kappa shape index (κ1) is 11.5. The number of anilines is 2. The van der Waals surface area contributed by atoms with Crippen LogP contribution >= 0.6 is 0 Å². The molecule has 4 N–H and O–H groups in total. The molecular formula is C12H13N5O2. The van der Waals surface area contributed by atoms with Crippen molar-refractivity contribution in [3.8, 4) is 0 Å². The number of nitrogens with zero attached hydrogens (tertiary/aromatic N) is 3. The van der Waals surface area contributed by atoms with Gasteiger partial charge >= 0.3 is 6.03 Å². The second-order valence-corrected chi connectivity index (χ2v) is 4.48.